The molecular formula is C19H40N4O7. The zero-order chi connectivity index (χ0) is 23.4. The van der Waals surface area contributed by atoms with Crippen molar-refractivity contribution in [2.45, 2.75) is 63.8 Å². The van der Waals surface area contributed by atoms with E-state index in [1.165, 1.54) is 6.92 Å². The molecule has 0 aliphatic rings. The first-order valence-electron chi connectivity index (χ1n) is 10.1. The summed E-state index contributed by atoms with van der Waals surface area (Å²) >= 11 is 0. The fourth-order valence-electron chi connectivity index (χ4n) is 2.77. The molecule has 0 spiro atoms. The van der Waals surface area contributed by atoms with Crippen LogP contribution in [0.4, 0.5) is 0 Å². The second-order valence-corrected chi connectivity index (χ2v) is 8.29. The van der Waals surface area contributed by atoms with E-state index in [2.05, 4.69) is 16.0 Å². The maximum atomic E-state index is 12.4. The van der Waals surface area contributed by atoms with Gasteiger partial charge in [0.05, 0.1) is 45.1 Å². The molecule has 0 bridgehead atoms. The molecule has 3 atom stereocenters. The van der Waals surface area contributed by atoms with E-state index < -0.39 is 29.6 Å². The zero-order valence-electron chi connectivity index (χ0n) is 18.7. The van der Waals surface area contributed by atoms with Crippen molar-refractivity contribution in [1.29, 1.82) is 0 Å². The van der Waals surface area contributed by atoms with Gasteiger partial charge in [0.2, 0.25) is 5.91 Å². The molecule has 11 heteroatoms. The molecule has 11 nitrogen and oxygen atoms in total. The summed E-state index contributed by atoms with van der Waals surface area (Å²) in [6.07, 6.45) is 0. The van der Waals surface area contributed by atoms with Gasteiger partial charge in [-0.25, -0.2) is 4.79 Å². The minimum atomic E-state index is -1.35. The van der Waals surface area contributed by atoms with Crippen molar-refractivity contribution in [3.8, 4) is 0 Å². The van der Waals surface area contributed by atoms with Crippen molar-refractivity contribution >= 4 is 11.9 Å². The number of nitrogens with one attached hydrogen (secondary N) is 3. The number of esters is 1. The first kappa shape index (κ1) is 28.7. The van der Waals surface area contributed by atoms with Gasteiger partial charge in [0.15, 0.2) is 0 Å². The van der Waals surface area contributed by atoms with Crippen molar-refractivity contribution in [3.63, 3.8) is 0 Å². The number of aliphatic hydroxyl groups excluding tert-OH is 3. The Labute approximate surface area is 178 Å². The quantitative estimate of drug-likeness (QED) is 0.120. The maximum absolute atomic E-state index is 12.4. The third kappa shape index (κ3) is 10.6. The number of carbonyl (C=O) groups is 2. The number of ether oxygens (including phenoxy) is 2. The van der Waals surface area contributed by atoms with Crippen LogP contribution in [0.3, 0.4) is 0 Å². The molecule has 0 rings (SSSR count). The largest absolute Gasteiger partial charge is 0.463 e. The Balaban J connectivity index is 4.63. The fraction of sp³-hybridized carbons (Fsp3) is 0.895. The second kappa shape index (κ2) is 13.9. The van der Waals surface area contributed by atoms with E-state index in [1.807, 2.05) is 13.8 Å². The van der Waals surface area contributed by atoms with Crippen LogP contribution in [-0.2, 0) is 19.1 Å². The Bertz CT molecular complexity index is 517. The third-order valence-electron chi connectivity index (χ3n) is 4.37. The van der Waals surface area contributed by atoms with Gasteiger partial charge in [-0.2, -0.15) is 0 Å². The van der Waals surface area contributed by atoms with Crippen molar-refractivity contribution in [2.24, 2.45) is 5.73 Å². The van der Waals surface area contributed by atoms with E-state index in [0.29, 0.717) is 0 Å². The lowest BCUT2D eigenvalue weighted by Gasteiger charge is -2.34. The highest BCUT2D eigenvalue weighted by atomic mass is 16.5. The van der Waals surface area contributed by atoms with Crippen LogP contribution in [0.1, 0.15) is 34.6 Å². The SMILES string of the molecule is CC(C)NC(CO)(CO)COCC(C)NC(C)(CO)C(=O)OCC(C)NCC(N)=O. The molecule has 0 aromatic carbocycles. The Morgan fingerprint density at radius 3 is 2.03 bits per heavy atom. The lowest BCUT2D eigenvalue weighted by molar-refractivity contribution is -0.154. The van der Waals surface area contributed by atoms with Gasteiger partial charge in [0, 0.05) is 18.1 Å². The summed E-state index contributed by atoms with van der Waals surface area (Å²) in [6, 6.07) is -0.589. The van der Waals surface area contributed by atoms with Crippen LogP contribution in [0.25, 0.3) is 0 Å². The lowest BCUT2D eigenvalue weighted by Crippen LogP contribution is -2.59. The number of nitrogens with two attached hydrogens (primary N) is 1. The van der Waals surface area contributed by atoms with E-state index in [0.717, 1.165) is 0 Å². The average molecular weight is 437 g/mol. The average Bonchev–Trinajstić information content (AvgIpc) is 2.68. The summed E-state index contributed by atoms with van der Waals surface area (Å²) in [4.78, 5) is 23.2. The summed E-state index contributed by atoms with van der Waals surface area (Å²) in [5.74, 6) is -1.16. The van der Waals surface area contributed by atoms with E-state index in [4.69, 9.17) is 15.2 Å². The Morgan fingerprint density at radius 2 is 1.57 bits per heavy atom. The van der Waals surface area contributed by atoms with Gasteiger partial charge in [-0.1, -0.05) is 13.8 Å². The third-order valence-corrected chi connectivity index (χ3v) is 4.37. The number of carbonyl (C=O) groups excluding carboxylic acids is 2. The lowest BCUT2D eigenvalue weighted by atomic mass is 10.0. The van der Waals surface area contributed by atoms with Crippen LogP contribution in [0.2, 0.25) is 0 Å². The molecule has 0 aliphatic heterocycles. The minimum absolute atomic E-state index is 0.00462. The van der Waals surface area contributed by atoms with Gasteiger partial charge in [-0.05, 0) is 20.8 Å². The molecule has 30 heavy (non-hydrogen) atoms. The first-order chi connectivity index (χ1) is 13.9. The molecule has 0 saturated heterocycles. The molecule has 0 heterocycles. The number of rotatable bonds is 17. The minimum Gasteiger partial charge on any atom is -0.463 e. The summed E-state index contributed by atoms with van der Waals surface area (Å²) in [5, 5.41) is 37.9. The fourth-order valence-corrected chi connectivity index (χ4v) is 2.77. The van der Waals surface area contributed by atoms with E-state index in [9.17, 15) is 24.9 Å². The van der Waals surface area contributed by atoms with Crippen LogP contribution in [0.5, 0.6) is 0 Å². The number of amides is 1. The highest BCUT2D eigenvalue weighted by Crippen LogP contribution is 2.10. The summed E-state index contributed by atoms with van der Waals surface area (Å²) in [7, 11) is 0. The van der Waals surface area contributed by atoms with Crippen molar-refractivity contribution in [1.82, 2.24) is 16.0 Å². The Kier molecular flexibility index (Phi) is 13.2. The highest BCUT2D eigenvalue weighted by molar-refractivity contribution is 5.80. The van der Waals surface area contributed by atoms with Gasteiger partial charge >= 0.3 is 5.97 Å². The van der Waals surface area contributed by atoms with Crippen molar-refractivity contribution in [2.75, 3.05) is 46.2 Å². The number of hydrogen-bond acceptors (Lipinski definition) is 10. The molecule has 0 fully saturated rings. The highest BCUT2D eigenvalue weighted by Gasteiger charge is 2.36. The molecule has 0 aliphatic carbocycles. The monoisotopic (exact) mass is 436 g/mol. The zero-order valence-corrected chi connectivity index (χ0v) is 18.7. The predicted octanol–water partition coefficient (Wildman–Crippen LogP) is -2.54. The van der Waals surface area contributed by atoms with Crippen molar-refractivity contribution < 1.29 is 34.4 Å². The molecule has 1 amide bonds. The molecule has 0 saturated carbocycles. The molecule has 178 valence electrons. The van der Waals surface area contributed by atoms with E-state index in [-0.39, 0.29) is 57.7 Å². The van der Waals surface area contributed by atoms with Gasteiger partial charge in [0.1, 0.15) is 12.1 Å². The van der Waals surface area contributed by atoms with Gasteiger partial charge in [-0.15, -0.1) is 0 Å². The van der Waals surface area contributed by atoms with E-state index in [1.54, 1.807) is 13.8 Å². The van der Waals surface area contributed by atoms with E-state index >= 15 is 0 Å². The maximum Gasteiger partial charge on any atom is 0.328 e. The van der Waals surface area contributed by atoms with Gasteiger partial charge in [-0.3, -0.25) is 10.1 Å². The number of aliphatic hydroxyl groups is 3. The van der Waals surface area contributed by atoms with Crippen molar-refractivity contribution in [3.05, 3.63) is 0 Å². The molecule has 0 aromatic rings. The normalized spacial score (nSPS) is 16.2. The van der Waals surface area contributed by atoms with Crippen LogP contribution in [0, 0.1) is 0 Å². The van der Waals surface area contributed by atoms with Gasteiger partial charge < -0.3 is 41.2 Å². The van der Waals surface area contributed by atoms with Crippen LogP contribution in [-0.4, -0.2) is 103 Å². The number of primary amides is 1. The molecule has 3 unspecified atom stereocenters. The first-order valence-corrected chi connectivity index (χ1v) is 10.1. The summed E-state index contributed by atoms with van der Waals surface area (Å²) in [5.41, 5.74) is 2.73. The molecular weight excluding hydrogens is 396 g/mol. The smallest absolute Gasteiger partial charge is 0.328 e. The van der Waals surface area contributed by atoms with Crippen LogP contribution >= 0.6 is 0 Å². The molecule has 0 radical (unpaired) electrons. The van der Waals surface area contributed by atoms with Gasteiger partial charge in [0.25, 0.3) is 0 Å². The summed E-state index contributed by atoms with van der Waals surface area (Å²) in [6.45, 7) is 7.92. The Hall–Kier alpha value is -1.34. The predicted molar refractivity (Wildman–Crippen MR) is 112 cm³/mol. The van der Waals surface area contributed by atoms with Crippen LogP contribution in [0.15, 0.2) is 0 Å². The number of hydrogen-bond donors (Lipinski definition) is 7. The standard InChI is InChI=1S/C19H40N4O7/c1-13(2)22-19(10-25,11-26)12-29-7-15(4)23-18(5,9-24)17(28)30-8-14(3)21-6-16(20)27/h13-15,21-26H,6-12H2,1-5H3,(H2,20,27). The molecule has 8 N–H and O–H groups in total. The summed E-state index contributed by atoms with van der Waals surface area (Å²) < 4.78 is 10.9. The second-order valence-electron chi connectivity index (χ2n) is 8.29. The molecule has 0 aromatic heterocycles. The Morgan fingerprint density at radius 1 is 0.967 bits per heavy atom. The van der Waals surface area contributed by atoms with Crippen LogP contribution < -0.4 is 21.7 Å². The topological polar surface area (TPSA) is 175 Å².